The Balaban J connectivity index is 2.18. The maximum absolute atomic E-state index is 5.46. The van der Waals surface area contributed by atoms with Crippen LogP contribution in [0.1, 0.15) is 29.9 Å². The van der Waals surface area contributed by atoms with E-state index in [4.69, 9.17) is 17.4 Å². The molecule has 17 heavy (non-hydrogen) atoms. The van der Waals surface area contributed by atoms with Crippen molar-refractivity contribution in [2.24, 2.45) is 0 Å². The van der Waals surface area contributed by atoms with Crippen LogP contribution >= 0.6 is 12.6 Å². The molecule has 0 N–H and O–H groups in total. The molecule has 0 saturated carbocycles. The summed E-state index contributed by atoms with van der Waals surface area (Å²) in [7, 11) is 1.62. The predicted molar refractivity (Wildman–Crippen MR) is 64.0 cm³/mol. The van der Waals surface area contributed by atoms with Crippen molar-refractivity contribution in [3.8, 4) is 0 Å². The molecule has 0 amide bonds. The Labute approximate surface area is 105 Å². The molecule has 3 rings (SSSR count). The van der Waals surface area contributed by atoms with E-state index in [2.05, 4.69) is 15.1 Å². The summed E-state index contributed by atoms with van der Waals surface area (Å²) in [6.07, 6.45) is 4.38. The maximum Gasteiger partial charge on any atom is 0.254 e. The second-order valence-electron chi connectivity index (χ2n) is 4.22. The van der Waals surface area contributed by atoms with Crippen molar-refractivity contribution in [2.45, 2.75) is 37.3 Å². The number of hydrogen-bond acceptors (Lipinski definition) is 4. The molecule has 2 heterocycles. The third-order valence-electron chi connectivity index (χ3n) is 3.03. The Morgan fingerprint density at radius 3 is 2.94 bits per heavy atom. The lowest BCUT2D eigenvalue weighted by Crippen LogP contribution is -2.10. The summed E-state index contributed by atoms with van der Waals surface area (Å²) < 4.78 is 6.68. The fourth-order valence-electron chi connectivity index (χ4n) is 2.24. The summed E-state index contributed by atoms with van der Waals surface area (Å²) in [5.74, 6) is 1.23. The summed E-state index contributed by atoms with van der Waals surface area (Å²) in [5.41, 5.74) is 2.28. The molecule has 0 unspecified atom stereocenters. The molecule has 1 aliphatic carbocycles. The van der Waals surface area contributed by atoms with Crippen LogP contribution in [-0.4, -0.2) is 26.7 Å². The van der Waals surface area contributed by atoms with Gasteiger partial charge in [-0.25, -0.2) is 4.98 Å². The molecule has 0 bridgehead atoms. The van der Waals surface area contributed by atoms with E-state index in [0.29, 0.717) is 18.2 Å². The molecule has 0 aliphatic heterocycles. The molecule has 6 heteroatoms. The fraction of sp³-hybridized carbons (Fsp3) is 0.545. The van der Waals surface area contributed by atoms with E-state index in [1.165, 1.54) is 18.4 Å². The van der Waals surface area contributed by atoms with E-state index >= 15 is 0 Å². The van der Waals surface area contributed by atoms with Crippen molar-refractivity contribution >= 4 is 18.4 Å². The van der Waals surface area contributed by atoms with Crippen molar-refractivity contribution in [1.82, 2.24) is 19.6 Å². The van der Waals surface area contributed by atoms with E-state index in [9.17, 15) is 0 Å². The minimum absolute atomic E-state index is 0.392. The number of fused-ring (bicyclic) bond motifs is 2. The highest BCUT2D eigenvalue weighted by molar-refractivity contribution is 7.80. The Morgan fingerprint density at radius 2 is 2.12 bits per heavy atom. The summed E-state index contributed by atoms with van der Waals surface area (Å²) in [6, 6.07) is 0. The third-order valence-corrected chi connectivity index (χ3v) is 3.45. The van der Waals surface area contributed by atoms with Crippen molar-refractivity contribution in [3.63, 3.8) is 0 Å². The molecule has 2 aromatic rings. The minimum atomic E-state index is 0.392. The summed E-state index contributed by atoms with van der Waals surface area (Å²) >= 11 is 5.46. The zero-order valence-corrected chi connectivity index (χ0v) is 10.5. The van der Waals surface area contributed by atoms with Crippen LogP contribution < -0.4 is 0 Å². The molecule has 2 aromatic heterocycles. The maximum atomic E-state index is 5.46. The van der Waals surface area contributed by atoms with Crippen LogP contribution in [0.3, 0.4) is 0 Å². The van der Waals surface area contributed by atoms with Gasteiger partial charge in [-0.2, -0.15) is 9.50 Å². The normalized spacial score (nSPS) is 15.1. The smallest absolute Gasteiger partial charge is 0.254 e. The van der Waals surface area contributed by atoms with Gasteiger partial charge in [-0.15, -0.1) is 5.10 Å². The number of methoxy groups -OCH3 is 1. The van der Waals surface area contributed by atoms with Crippen LogP contribution in [0.4, 0.5) is 0 Å². The SMILES string of the molecule is COCc1nc2nc3c(c([S])n2n1)CCCC3. The summed E-state index contributed by atoms with van der Waals surface area (Å²) in [6.45, 7) is 0.392. The first-order valence-electron chi connectivity index (χ1n) is 5.73. The average molecular weight is 249 g/mol. The highest BCUT2D eigenvalue weighted by Gasteiger charge is 2.19. The molecular formula is C11H13N4OS. The van der Waals surface area contributed by atoms with Crippen LogP contribution in [-0.2, 0) is 24.2 Å². The highest BCUT2D eigenvalue weighted by Crippen LogP contribution is 2.25. The largest absolute Gasteiger partial charge is 0.377 e. The first-order chi connectivity index (χ1) is 8.29. The van der Waals surface area contributed by atoms with Gasteiger partial charge in [-0.05, 0) is 25.7 Å². The van der Waals surface area contributed by atoms with Crippen LogP contribution in [0.5, 0.6) is 0 Å². The fourth-order valence-corrected chi connectivity index (χ4v) is 2.58. The zero-order chi connectivity index (χ0) is 11.8. The second kappa shape index (κ2) is 4.19. The lowest BCUT2D eigenvalue weighted by molar-refractivity contribution is 0.178. The van der Waals surface area contributed by atoms with E-state index < -0.39 is 0 Å². The Bertz CT molecular complexity index is 566. The molecule has 0 fully saturated rings. The van der Waals surface area contributed by atoms with Gasteiger partial charge in [0.05, 0.1) is 5.69 Å². The van der Waals surface area contributed by atoms with Crippen molar-refractivity contribution < 1.29 is 4.74 Å². The number of rotatable bonds is 2. The summed E-state index contributed by atoms with van der Waals surface area (Å²) in [4.78, 5) is 8.87. The van der Waals surface area contributed by atoms with E-state index in [-0.39, 0.29) is 0 Å². The zero-order valence-electron chi connectivity index (χ0n) is 9.64. The first-order valence-corrected chi connectivity index (χ1v) is 6.14. The molecule has 89 valence electrons. The second-order valence-corrected chi connectivity index (χ2v) is 4.61. The van der Waals surface area contributed by atoms with Gasteiger partial charge < -0.3 is 4.74 Å². The van der Waals surface area contributed by atoms with Gasteiger partial charge in [0.25, 0.3) is 5.78 Å². The van der Waals surface area contributed by atoms with Crippen molar-refractivity contribution in [1.29, 1.82) is 0 Å². The number of nitrogens with zero attached hydrogens (tertiary/aromatic N) is 4. The highest BCUT2D eigenvalue weighted by atomic mass is 32.1. The lowest BCUT2D eigenvalue weighted by atomic mass is 9.97. The van der Waals surface area contributed by atoms with Gasteiger partial charge in [0.1, 0.15) is 11.6 Å². The van der Waals surface area contributed by atoms with Crippen molar-refractivity contribution in [2.75, 3.05) is 7.11 Å². The van der Waals surface area contributed by atoms with Gasteiger partial charge in [0.2, 0.25) is 0 Å². The van der Waals surface area contributed by atoms with Gasteiger partial charge in [0.15, 0.2) is 5.82 Å². The molecule has 5 nitrogen and oxygen atoms in total. The summed E-state index contributed by atoms with van der Waals surface area (Å²) in [5, 5.41) is 5.09. The number of aryl methyl sites for hydroxylation is 1. The quantitative estimate of drug-likeness (QED) is 0.760. The van der Waals surface area contributed by atoms with Gasteiger partial charge in [0, 0.05) is 12.7 Å². The van der Waals surface area contributed by atoms with Crippen molar-refractivity contribution in [3.05, 3.63) is 17.1 Å². The molecule has 0 saturated heterocycles. The van der Waals surface area contributed by atoms with Gasteiger partial charge >= 0.3 is 0 Å². The van der Waals surface area contributed by atoms with Crippen LogP contribution in [0, 0.1) is 0 Å². The minimum Gasteiger partial charge on any atom is -0.377 e. The Morgan fingerprint density at radius 1 is 1.29 bits per heavy atom. The van der Waals surface area contributed by atoms with Crippen LogP contribution in [0.25, 0.3) is 5.78 Å². The molecular weight excluding hydrogens is 236 g/mol. The van der Waals surface area contributed by atoms with Gasteiger partial charge in [-0.1, -0.05) is 12.6 Å². The van der Waals surface area contributed by atoms with E-state index in [1.54, 1.807) is 11.6 Å². The third kappa shape index (κ3) is 1.77. The van der Waals surface area contributed by atoms with Gasteiger partial charge in [-0.3, -0.25) is 0 Å². The molecule has 0 aromatic carbocycles. The number of ether oxygens (including phenoxy) is 1. The number of aromatic nitrogens is 4. The molecule has 0 atom stereocenters. The van der Waals surface area contributed by atoms with Crippen LogP contribution in [0.15, 0.2) is 5.03 Å². The molecule has 0 spiro atoms. The van der Waals surface area contributed by atoms with Crippen LogP contribution in [0.2, 0.25) is 0 Å². The standard InChI is InChI=1S/C11H13N4OS/c1-16-6-9-13-11-12-8-5-3-2-4-7(8)10(17)15(11)14-9/h2-6H2,1H3. The lowest BCUT2D eigenvalue weighted by Gasteiger charge is -2.15. The Hall–Kier alpha value is -1.27. The topological polar surface area (TPSA) is 52.3 Å². The Kier molecular flexibility index (Phi) is 2.68. The first kappa shape index (κ1) is 10.9. The number of hydrogen-bond donors (Lipinski definition) is 0. The predicted octanol–water partition coefficient (Wildman–Crippen LogP) is 1.71. The monoisotopic (exact) mass is 249 g/mol. The molecule has 1 aliphatic rings. The van der Waals surface area contributed by atoms with E-state index in [0.717, 1.165) is 23.6 Å². The average Bonchev–Trinajstić information content (AvgIpc) is 2.73. The van der Waals surface area contributed by atoms with E-state index in [1.807, 2.05) is 0 Å². The molecule has 1 radical (unpaired) electrons.